The number of amides is 3. The zero-order chi connectivity index (χ0) is 28.1. The molecule has 0 saturated carbocycles. The average Bonchev–Trinajstić information content (AvgIpc) is 2.82. The van der Waals surface area contributed by atoms with E-state index in [4.69, 9.17) is 5.11 Å². The number of carboxylic acids is 2. The molecule has 0 fully saturated rings. The predicted octanol–water partition coefficient (Wildman–Crippen LogP) is 4.86. The van der Waals surface area contributed by atoms with Gasteiger partial charge in [-0.2, -0.15) is 0 Å². The van der Waals surface area contributed by atoms with Gasteiger partial charge >= 0.3 is 18.0 Å². The summed E-state index contributed by atoms with van der Waals surface area (Å²) in [4.78, 5) is 48.3. The van der Waals surface area contributed by atoms with E-state index < -0.39 is 48.0 Å². The molecule has 0 unspecified atom stereocenters. The van der Waals surface area contributed by atoms with Crippen LogP contribution in [0.2, 0.25) is 0 Å². The standard InChI is InChI=1S/C27H25F2N3O6/c1-13-8-14(2)24(15(3)9-13)32-27(38)31-21-11-17(16-5-7-19(28)20(29)10-16)4-6-18(21)25(35)30-22(26(36)37)12-23(33)34/h4-11,22H,12H2,1-3H3,(H,30,35)(H,33,34)(H,36,37)(H2,31,32,38)/t22-/m1/s1. The number of hydrogen-bond donors (Lipinski definition) is 5. The Balaban J connectivity index is 1.99. The van der Waals surface area contributed by atoms with Gasteiger partial charge in [0.2, 0.25) is 0 Å². The zero-order valence-electron chi connectivity index (χ0n) is 20.7. The van der Waals surface area contributed by atoms with Crippen LogP contribution >= 0.6 is 0 Å². The first kappa shape index (κ1) is 27.8. The second-order valence-electron chi connectivity index (χ2n) is 8.70. The van der Waals surface area contributed by atoms with Gasteiger partial charge in [0.1, 0.15) is 6.04 Å². The molecule has 0 aliphatic carbocycles. The van der Waals surface area contributed by atoms with Crippen molar-refractivity contribution in [3.8, 4) is 11.1 Å². The third kappa shape index (κ3) is 6.69. The van der Waals surface area contributed by atoms with Gasteiger partial charge in [0, 0.05) is 5.69 Å². The minimum atomic E-state index is -1.73. The summed E-state index contributed by atoms with van der Waals surface area (Å²) in [6.45, 7) is 5.53. The number of carbonyl (C=O) groups excluding carboxylic acids is 2. The van der Waals surface area contributed by atoms with E-state index >= 15 is 0 Å². The Hall–Kier alpha value is -4.80. The third-order valence-corrected chi connectivity index (χ3v) is 5.66. The van der Waals surface area contributed by atoms with Gasteiger partial charge in [0.05, 0.1) is 17.7 Å². The van der Waals surface area contributed by atoms with Crippen molar-refractivity contribution >= 4 is 35.3 Å². The lowest BCUT2D eigenvalue weighted by Gasteiger charge is -2.18. The zero-order valence-corrected chi connectivity index (χ0v) is 20.7. The maximum Gasteiger partial charge on any atom is 0.326 e. The summed E-state index contributed by atoms with van der Waals surface area (Å²) in [5.74, 6) is -6.11. The fourth-order valence-corrected chi connectivity index (χ4v) is 3.96. The Bertz CT molecular complexity index is 1420. The minimum Gasteiger partial charge on any atom is -0.481 e. The number of aryl methyl sites for hydroxylation is 3. The lowest BCUT2D eigenvalue weighted by molar-refractivity contribution is -0.145. The molecule has 0 aliphatic rings. The first-order valence-electron chi connectivity index (χ1n) is 11.4. The van der Waals surface area contributed by atoms with E-state index in [0.29, 0.717) is 11.3 Å². The van der Waals surface area contributed by atoms with Crippen molar-refractivity contribution in [2.24, 2.45) is 0 Å². The van der Waals surface area contributed by atoms with E-state index in [1.807, 2.05) is 32.9 Å². The minimum absolute atomic E-state index is 0.0795. The molecule has 3 amide bonds. The van der Waals surface area contributed by atoms with Crippen molar-refractivity contribution in [2.75, 3.05) is 10.6 Å². The van der Waals surface area contributed by atoms with E-state index in [0.717, 1.165) is 28.8 Å². The normalized spacial score (nSPS) is 11.4. The van der Waals surface area contributed by atoms with E-state index in [2.05, 4.69) is 16.0 Å². The SMILES string of the molecule is Cc1cc(C)c(NC(=O)Nc2cc(-c3ccc(F)c(F)c3)ccc2C(=O)N[C@H](CC(=O)O)C(=O)O)c(C)c1. The molecule has 198 valence electrons. The van der Waals surface area contributed by atoms with E-state index in [9.17, 15) is 33.1 Å². The molecule has 3 aromatic rings. The van der Waals surface area contributed by atoms with Gasteiger partial charge in [0.15, 0.2) is 11.6 Å². The van der Waals surface area contributed by atoms with Crippen molar-refractivity contribution in [3.63, 3.8) is 0 Å². The van der Waals surface area contributed by atoms with Gasteiger partial charge in [-0.3, -0.25) is 9.59 Å². The Labute approximate surface area is 216 Å². The lowest BCUT2D eigenvalue weighted by atomic mass is 10.0. The Morgan fingerprint density at radius 2 is 1.42 bits per heavy atom. The number of benzene rings is 3. The highest BCUT2D eigenvalue weighted by molar-refractivity contribution is 6.08. The molecule has 0 heterocycles. The molecule has 9 nitrogen and oxygen atoms in total. The van der Waals surface area contributed by atoms with Crippen LogP contribution in [-0.2, 0) is 9.59 Å². The van der Waals surface area contributed by atoms with Crippen LogP contribution in [0.1, 0.15) is 33.5 Å². The van der Waals surface area contributed by atoms with Crippen molar-refractivity contribution in [1.82, 2.24) is 5.32 Å². The smallest absolute Gasteiger partial charge is 0.326 e. The topological polar surface area (TPSA) is 145 Å². The fourth-order valence-electron chi connectivity index (χ4n) is 3.96. The van der Waals surface area contributed by atoms with Crippen LogP contribution in [0, 0.1) is 32.4 Å². The van der Waals surface area contributed by atoms with Gasteiger partial charge < -0.3 is 26.2 Å². The van der Waals surface area contributed by atoms with E-state index in [1.54, 1.807) is 0 Å². The largest absolute Gasteiger partial charge is 0.481 e. The van der Waals surface area contributed by atoms with Crippen LogP contribution in [0.25, 0.3) is 11.1 Å². The molecule has 0 spiro atoms. The van der Waals surface area contributed by atoms with Crippen LogP contribution in [0.5, 0.6) is 0 Å². The third-order valence-electron chi connectivity index (χ3n) is 5.66. The molecular formula is C27H25F2N3O6. The summed E-state index contributed by atoms with van der Waals surface area (Å²) in [6.07, 6.45) is -0.872. The van der Waals surface area contributed by atoms with Crippen LogP contribution < -0.4 is 16.0 Å². The van der Waals surface area contributed by atoms with Crippen molar-refractivity contribution in [1.29, 1.82) is 0 Å². The summed E-state index contributed by atoms with van der Waals surface area (Å²) >= 11 is 0. The van der Waals surface area contributed by atoms with Crippen LogP contribution in [-0.4, -0.2) is 40.1 Å². The second-order valence-corrected chi connectivity index (χ2v) is 8.70. The summed E-state index contributed by atoms with van der Waals surface area (Å²) < 4.78 is 27.3. The number of nitrogens with one attached hydrogen (secondary N) is 3. The second kappa shape index (κ2) is 11.5. The molecule has 0 radical (unpaired) electrons. The van der Waals surface area contributed by atoms with Crippen molar-refractivity contribution in [3.05, 3.63) is 82.4 Å². The number of anilines is 2. The summed E-state index contributed by atoms with van der Waals surface area (Å²) in [6, 6.07) is 8.46. The molecule has 3 aromatic carbocycles. The van der Waals surface area contributed by atoms with Gasteiger partial charge in [-0.25, -0.2) is 18.4 Å². The van der Waals surface area contributed by atoms with Gasteiger partial charge in [0.25, 0.3) is 5.91 Å². The average molecular weight is 526 g/mol. The summed E-state index contributed by atoms with van der Waals surface area (Å²) in [5, 5.41) is 25.6. The Morgan fingerprint density at radius 1 is 0.816 bits per heavy atom. The molecule has 1 atom stereocenters. The van der Waals surface area contributed by atoms with Crippen molar-refractivity contribution < 1.29 is 38.2 Å². The maximum absolute atomic E-state index is 13.8. The molecule has 5 N–H and O–H groups in total. The number of hydrogen-bond acceptors (Lipinski definition) is 4. The molecule has 0 bridgehead atoms. The highest BCUT2D eigenvalue weighted by Gasteiger charge is 2.25. The maximum atomic E-state index is 13.8. The molecule has 38 heavy (non-hydrogen) atoms. The van der Waals surface area contributed by atoms with Gasteiger partial charge in [-0.1, -0.05) is 29.8 Å². The molecule has 3 rings (SSSR count). The number of carbonyl (C=O) groups is 4. The first-order chi connectivity index (χ1) is 17.8. The molecule has 0 aromatic heterocycles. The summed E-state index contributed by atoms with van der Waals surface area (Å²) in [7, 11) is 0. The Morgan fingerprint density at radius 3 is 2.00 bits per heavy atom. The van der Waals surface area contributed by atoms with Crippen LogP contribution in [0.15, 0.2) is 48.5 Å². The number of urea groups is 1. The van der Waals surface area contributed by atoms with E-state index in [-0.39, 0.29) is 16.8 Å². The quantitative estimate of drug-likeness (QED) is 0.284. The summed E-state index contributed by atoms with van der Waals surface area (Å²) in [5.41, 5.74) is 3.44. The first-order valence-corrected chi connectivity index (χ1v) is 11.4. The number of aliphatic carboxylic acids is 2. The highest BCUT2D eigenvalue weighted by atomic mass is 19.2. The molecular weight excluding hydrogens is 500 g/mol. The molecule has 0 aliphatic heterocycles. The molecule has 11 heteroatoms. The predicted molar refractivity (Wildman–Crippen MR) is 136 cm³/mol. The number of rotatable bonds is 8. The molecule has 0 saturated heterocycles. The van der Waals surface area contributed by atoms with Gasteiger partial charge in [-0.05, 0) is 67.3 Å². The number of carboxylic acid groups (broad SMARTS) is 2. The monoisotopic (exact) mass is 525 g/mol. The van der Waals surface area contributed by atoms with Gasteiger partial charge in [-0.15, -0.1) is 0 Å². The van der Waals surface area contributed by atoms with Crippen molar-refractivity contribution in [2.45, 2.75) is 33.2 Å². The lowest BCUT2D eigenvalue weighted by Crippen LogP contribution is -2.42. The van der Waals surface area contributed by atoms with Crippen LogP contribution in [0.3, 0.4) is 0 Å². The van der Waals surface area contributed by atoms with Crippen LogP contribution in [0.4, 0.5) is 25.0 Å². The fraction of sp³-hybridized carbons (Fsp3) is 0.185. The Kier molecular flexibility index (Phi) is 8.41. The number of halogens is 2. The van der Waals surface area contributed by atoms with E-state index in [1.165, 1.54) is 24.3 Å². The highest BCUT2D eigenvalue weighted by Crippen LogP contribution is 2.28.